The summed E-state index contributed by atoms with van der Waals surface area (Å²) in [4.78, 5) is 29.1. The summed E-state index contributed by atoms with van der Waals surface area (Å²) in [5, 5.41) is 73.4. The van der Waals surface area contributed by atoms with Gasteiger partial charge in [0.2, 0.25) is 5.91 Å². The monoisotopic (exact) mass is 849 g/mol. The van der Waals surface area contributed by atoms with Crippen LogP contribution in [0.2, 0.25) is 0 Å². The molecule has 0 unspecified atom stereocenters. The van der Waals surface area contributed by atoms with E-state index in [9.17, 15) is 40.2 Å². The highest BCUT2D eigenvalue weighted by atomic mass is 16.7. The molecule has 16 nitrogen and oxygen atoms in total. The van der Waals surface area contributed by atoms with E-state index < -0.39 is 120 Å². The second kappa shape index (κ2) is 21.2. The van der Waals surface area contributed by atoms with Crippen molar-refractivity contribution < 1.29 is 68.6 Å². The summed E-state index contributed by atoms with van der Waals surface area (Å²) in [5.41, 5.74) is -4.88. The zero-order valence-electron chi connectivity index (χ0n) is 38.2. The quantitative estimate of drug-likeness (QED) is 0.110. The van der Waals surface area contributed by atoms with Crippen molar-refractivity contribution in [3.8, 4) is 0 Å². The number of nitrogens with one attached hydrogen (secondary N) is 1. The lowest BCUT2D eigenvalue weighted by atomic mass is 9.73. The molecule has 0 spiro atoms. The molecule has 3 aliphatic heterocycles. The van der Waals surface area contributed by atoms with Gasteiger partial charge in [0.25, 0.3) is 0 Å². The predicted octanol–water partition coefficient (Wildman–Crippen LogP) is 2.11. The standard InChI is InChI=1S/C43H80N2O14/c1-15-30-43(12,53)36(49)25(6)33(47)23(4)19-41(10,52)38(59-40-34(48)29(18-24(5)55-40)45(13)31(46)21-44-17-16-22(2)3)26(7)35(27(8)39(51)57-30)58-32-20-42(11,54-14)37(50)28(9)56-32/h22-30,32-38,40,44,47-50,52-53H,15-21H2,1-14H3/t23-,24+,25+,26+,27-,28+,29-,30-,32+,33+,34+,35+,36-,37+,38-,40-,41-,42-,43-/m1/s1. The van der Waals surface area contributed by atoms with Gasteiger partial charge in [-0.25, -0.2) is 0 Å². The molecule has 16 heteroatoms. The molecule has 0 aromatic heterocycles. The topological polar surface area (TPSA) is 226 Å². The number of amides is 1. The zero-order valence-corrected chi connectivity index (χ0v) is 38.2. The number of esters is 1. The minimum atomic E-state index is -1.97. The van der Waals surface area contributed by atoms with Gasteiger partial charge in [-0.15, -0.1) is 0 Å². The first-order valence-corrected chi connectivity index (χ1v) is 21.7. The molecule has 3 saturated heterocycles. The maximum Gasteiger partial charge on any atom is 0.311 e. The van der Waals surface area contributed by atoms with Crippen LogP contribution in [0.25, 0.3) is 0 Å². The van der Waals surface area contributed by atoms with Crippen LogP contribution in [-0.2, 0) is 38.0 Å². The molecule has 3 heterocycles. The number of carbonyl (C=O) groups is 2. The lowest BCUT2D eigenvalue weighted by molar-refractivity contribution is -0.318. The van der Waals surface area contributed by atoms with Crippen molar-refractivity contribution in [2.45, 2.75) is 206 Å². The largest absolute Gasteiger partial charge is 0.459 e. The fourth-order valence-corrected chi connectivity index (χ4v) is 9.36. The summed E-state index contributed by atoms with van der Waals surface area (Å²) in [6.07, 6.45) is -11.0. The molecule has 1 amide bonds. The Balaban J connectivity index is 2.12. The van der Waals surface area contributed by atoms with Gasteiger partial charge in [-0.2, -0.15) is 0 Å². The second-order valence-electron chi connectivity index (χ2n) is 19.1. The number of ether oxygens (including phenoxy) is 6. The molecule has 0 aliphatic carbocycles. The molecule has 0 aromatic carbocycles. The number of aliphatic hydroxyl groups is 6. The highest BCUT2D eigenvalue weighted by Crippen LogP contribution is 2.41. The van der Waals surface area contributed by atoms with Crippen LogP contribution in [0, 0.1) is 29.6 Å². The molecule has 7 N–H and O–H groups in total. The number of methoxy groups -OCH3 is 1. The zero-order chi connectivity index (χ0) is 44.9. The Kier molecular flexibility index (Phi) is 18.6. The number of cyclic esters (lactones) is 1. The molecular weight excluding hydrogens is 768 g/mol. The summed E-state index contributed by atoms with van der Waals surface area (Å²) in [6, 6.07) is -0.708. The van der Waals surface area contributed by atoms with Gasteiger partial charge in [-0.05, 0) is 85.6 Å². The number of nitrogens with zero attached hydrogens (tertiary/aromatic N) is 1. The van der Waals surface area contributed by atoms with Gasteiger partial charge in [0.15, 0.2) is 12.6 Å². The van der Waals surface area contributed by atoms with Gasteiger partial charge in [-0.1, -0.05) is 41.5 Å². The van der Waals surface area contributed by atoms with Crippen molar-refractivity contribution in [3.05, 3.63) is 0 Å². The van der Waals surface area contributed by atoms with Crippen molar-refractivity contribution >= 4 is 11.9 Å². The van der Waals surface area contributed by atoms with Crippen LogP contribution in [0.4, 0.5) is 0 Å². The Labute approximate surface area is 352 Å². The molecule has 19 atom stereocenters. The van der Waals surface area contributed by atoms with Gasteiger partial charge in [0.1, 0.15) is 23.9 Å². The summed E-state index contributed by atoms with van der Waals surface area (Å²) < 4.78 is 37.5. The number of aliphatic hydroxyl groups excluding tert-OH is 4. The average molecular weight is 849 g/mol. The van der Waals surface area contributed by atoms with Crippen LogP contribution < -0.4 is 5.32 Å². The smallest absolute Gasteiger partial charge is 0.311 e. The maximum atomic E-state index is 14.2. The van der Waals surface area contributed by atoms with Crippen LogP contribution in [0.15, 0.2) is 0 Å². The normalized spacial score (nSPS) is 45.7. The van der Waals surface area contributed by atoms with E-state index >= 15 is 0 Å². The van der Waals surface area contributed by atoms with Crippen molar-refractivity contribution in [3.63, 3.8) is 0 Å². The number of carbonyl (C=O) groups excluding carboxylic acids is 2. The maximum absolute atomic E-state index is 14.2. The molecule has 3 aliphatic rings. The number of rotatable bonds is 12. The Morgan fingerprint density at radius 1 is 0.932 bits per heavy atom. The molecular formula is C43H80N2O14. The van der Waals surface area contributed by atoms with Crippen LogP contribution in [0.3, 0.4) is 0 Å². The summed E-state index contributed by atoms with van der Waals surface area (Å²) in [6.45, 7) is 21.4. The molecule has 3 rings (SSSR count). The first-order chi connectivity index (χ1) is 27.2. The van der Waals surface area contributed by atoms with Crippen LogP contribution >= 0.6 is 0 Å². The van der Waals surface area contributed by atoms with Crippen LogP contribution in [0.5, 0.6) is 0 Å². The lowest BCUT2D eigenvalue weighted by Crippen LogP contribution is -2.62. The van der Waals surface area contributed by atoms with E-state index in [-0.39, 0.29) is 31.7 Å². The Morgan fingerprint density at radius 2 is 1.56 bits per heavy atom. The van der Waals surface area contributed by atoms with Gasteiger partial charge in [-0.3, -0.25) is 9.59 Å². The highest BCUT2D eigenvalue weighted by Gasteiger charge is 2.53. The predicted molar refractivity (Wildman–Crippen MR) is 219 cm³/mol. The van der Waals surface area contributed by atoms with E-state index in [4.69, 9.17) is 28.4 Å². The minimum absolute atomic E-state index is 0.0673. The summed E-state index contributed by atoms with van der Waals surface area (Å²) >= 11 is 0. The Bertz CT molecular complexity index is 1340. The van der Waals surface area contributed by atoms with Crippen molar-refractivity contribution in [1.29, 1.82) is 0 Å². The van der Waals surface area contributed by atoms with Crippen molar-refractivity contribution in [2.24, 2.45) is 29.6 Å². The van der Waals surface area contributed by atoms with Crippen LogP contribution in [0.1, 0.15) is 115 Å². The Hall–Kier alpha value is -1.54. The summed E-state index contributed by atoms with van der Waals surface area (Å²) in [5.74, 6) is -4.15. The van der Waals surface area contributed by atoms with E-state index in [0.29, 0.717) is 18.9 Å². The van der Waals surface area contributed by atoms with E-state index in [1.807, 2.05) is 0 Å². The molecule has 0 saturated carbocycles. The van der Waals surface area contributed by atoms with Gasteiger partial charge < -0.3 is 69.3 Å². The van der Waals surface area contributed by atoms with Gasteiger partial charge in [0.05, 0.1) is 66.3 Å². The van der Waals surface area contributed by atoms with Crippen molar-refractivity contribution in [2.75, 3.05) is 27.2 Å². The van der Waals surface area contributed by atoms with Gasteiger partial charge >= 0.3 is 5.97 Å². The number of hydrogen-bond donors (Lipinski definition) is 7. The molecule has 0 aromatic rings. The fourth-order valence-electron chi connectivity index (χ4n) is 9.36. The molecule has 0 radical (unpaired) electrons. The van der Waals surface area contributed by atoms with Crippen molar-refractivity contribution in [1.82, 2.24) is 10.2 Å². The fraction of sp³-hybridized carbons (Fsp3) is 0.953. The molecule has 59 heavy (non-hydrogen) atoms. The van der Waals surface area contributed by atoms with Gasteiger partial charge in [0, 0.05) is 32.4 Å². The molecule has 346 valence electrons. The summed E-state index contributed by atoms with van der Waals surface area (Å²) in [7, 11) is 3.10. The van der Waals surface area contributed by atoms with E-state index in [2.05, 4.69) is 19.2 Å². The third-order valence-electron chi connectivity index (χ3n) is 13.5. The third kappa shape index (κ3) is 12.3. The average Bonchev–Trinajstić information content (AvgIpc) is 3.16. The Morgan fingerprint density at radius 3 is 2.14 bits per heavy atom. The van der Waals surface area contributed by atoms with E-state index in [0.717, 1.165) is 6.42 Å². The van der Waals surface area contributed by atoms with Crippen LogP contribution in [-0.4, -0.2) is 165 Å². The number of likely N-dealkylation sites (N-methyl/N-ethyl adjacent to an activating group) is 1. The SMILES string of the molecule is CC[C@H]1OC(=O)[C@H](C)[C@@H](O[C@H]2C[C@@](C)(OC)[C@@H](O)[C@H](C)O2)[C@H](C)[C@@H](O[C@H]2O[C@@H](C)C[C@@H](N(C)C(=O)CNCCC(C)C)[C@@H]2O)[C@](C)(O)C[C@@H](C)[C@H](O)[C@H](C)[C@@H](O)[C@]1(C)O. The van der Waals surface area contributed by atoms with E-state index in [1.165, 1.54) is 25.9 Å². The molecule has 3 fully saturated rings. The first-order valence-electron chi connectivity index (χ1n) is 21.7. The lowest BCUT2D eigenvalue weighted by Gasteiger charge is -2.49. The first kappa shape index (κ1) is 51.8. The molecule has 0 bridgehead atoms. The third-order valence-corrected chi connectivity index (χ3v) is 13.5. The minimum Gasteiger partial charge on any atom is -0.459 e. The highest BCUT2D eigenvalue weighted by molar-refractivity contribution is 5.78. The van der Waals surface area contributed by atoms with E-state index in [1.54, 1.807) is 62.4 Å². The number of hydrogen-bond acceptors (Lipinski definition) is 15. The second-order valence-corrected chi connectivity index (χ2v) is 19.1.